The predicted octanol–water partition coefficient (Wildman–Crippen LogP) is 5.00. The molecule has 0 bridgehead atoms. The number of fused-ring (bicyclic) bond motifs is 1. The summed E-state index contributed by atoms with van der Waals surface area (Å²) < 4.78 is 0. The highest BCUT2D eigenvalue weighted by atomic mass is 35.5. The summed E-state index contributed by atoms with van der Waals surface area (Å²) in [5.74, 6) is 0.464. The molecule has 0 aliphatic carbocycles. The molecule has 0 saturated carbocycles. The van der Waals surface area contributed by atoms with E-state index in [0.29, 0.717) is 16.1 Å². The fourth-order valence-electron chi connectivity index (χ4n) is 3.68. The van der Waals surface area contributed by atoms with E-state index in [1.807, 2.05) is 48.5 Å². The van der Waals surface area contributed by atoms with E-state index in [-0.39, 0.29) is 0 Å². The zero-order chi connectivity index (χ0) is 20.7. The number of hydrogen-bond donors (Lipinski definition) is 1. The fourth-order valence-corrected chi connectivity index (χ4v) is 5.24. The summed E-state index contributed by atoms with van der Waals surface area (Å²) in [7, 11) is 2.11. The van der Waals surface area contributed by atoms with E-state index in [4.69, 9.17) is 27.3 Å². The predicted molar refractivity (Wildman–Crippen MR) is 125 cm³/mol. The molecule has 150 valence electrons. The van der Waals surface area contributed by atoms with E-state index in [2.05, 4.69) is 23.0 Å². The minimum atomic E-state index is 0.464. The van der Waals surface area contributed by atoms with Crippen molar-refractivity contribution in [2.75, 3.05) is 25.9 Å². The number of nitrogens with two attached hydrogens (primary N) is 1. The van der Waals surface area contributed by atoms with Crippen LogP contribution in [0.4, 0.5) is 5.82 Å². The Kier molecular flexibility index (Phi) is 5.06. The van der Waals surface area contributed by atoms with Gasteiger partial charge in [0.15, 0.2) is 5.82 Å². The number of rotatable bonds is 4. The Balaban J connectivity index is 1.68. The molecule has 4 aromatic rings. The molecule has 0 unspecified atom stereocenters. The Morgan fingerprint density at radius 2 is 1.77 bits per heavy atom. The van der Waals surface area contributed by atoms with Crippen LogP contribution in [0.5, 0.6) is 0 Å². The molecular formula is C23H20ClN5S. The molecule has 5 rings (SSSR count). The van der Waals surface area contributed by atoms with Crippen LogP contribution in [0, 0.1) is 0 Å². The first-order valence-electron chi connectivity index (χ1n) is 9.71. The van der Waals surface area contributed by atoms with Gasteiger partial charge in [-0.1, -0.05) is 59.8 Å². The van der Waals surface area contributed by atoms with Gasteiger partial charge in [-0.15, -0.1) is 0 Å². The molecule has 1 aliphatic rings. The molecule has 30 heavy (non-hydrogen) atoms. The lowest BCUT2D eigenvalue weighted by atomic mass is 10.0. The van der Waals surface area contributed by atoms with E-state index < -0.39 is 0 Å². The van der Waals surface area contributed by atoms with Gasteiger partial charge in [-0.3, -0.25) is 4.98 Å². The van der Waals surface area contributed by atoms with Crippen LogP contribution in [-0.2, 0) is 0 Å². The van der Waals surface area contributed by atoms with Gasteiger partial charge < -0.3 is 10.6 Å². The second-order valence-corrected chi connectivity index (χ2v) is 9.17. The Labute approximate surface area is 184 Å². The lowest BCUT2D eigenvalue weighted by Crippen LogP contribution is -2.46. The first-order chi connectivity index (χ1) is 14.6. The zero-order valence-corrected chi connectivity index (χ0v) is 18.0. The van der Waals surface area contributed by atoms with Crippen molar-refractivity contribution < 1.29 is 0 Å². The van der Waals surface area contributed by atoms with Crippen molar-refractivity contribution in [2.24, 2.45) is 0 Å². The normalized spacial score (nSPS) is 14.7. The number of benzene rings is 2. The number of anilines is 1. The number of nitrogens with zero attached hydrogens (tertiary/aromatic N) is 4. The van der Waals surface area contributed by atoms with Crippen LogP contribution in [0.3, 0.4) is 0 Å². The Morgan fingerprint density at radius 3 is 2.53 bits per heavy atom. The maximum absolute atomic E-state index is 6.57. The molecule has 5 nitrogen and oxygen atoms in total. The summed E-state index contributed by atoms with van der Waals surface area (Å²) in [4.78, 5) is 16.4. The van der Waals surface area contributed by atoms with E-state index >= 15 is 0 Å². The topological polar surface area (TPSA) is 67.9 Å². The fraction of sp³-hybridized carbons (Fsp3) is 0.174. The number of pyridine rings is 1. The SMILES string of the molecule is CN1CC(Sc2nc(-c3cc(Cl)c4ncccc4c3)c(-c3ccccc3)nc2N)C1. The highest BCUT2D eigenvalue weighted by Gasteiger charge is 2.27. The van der Waals surface area contributed by atoms with Gasteiger partial charge in [0.2, 0.25) is 0 Å². The number of nitrogen functional groups attached to an aromatic ring is 1. The second kappa shape index (κ2) is 7.87. The van der Waals surface area contributed by atoms with Crippen molar-refractivity contribution in [2.45, 2.75) is 10.3 Å². The minimum absolute atomic E-state index is 0.464. The molecule has 1 saturated heterocycles. The third-order valence-electron chi connectivity index (χ3n) is 5.18. The number of thioether (sulfide) groups is 1. The molecule has 1 fully saturated rings. The van der Waals surface area contributed by atoms with Crippen molar-refractivity contribution in [1.82, 2.24) is 19.9 Å². The van der Waals surface area contributed by atoms with Gasteiger partial charge in [-0.25, -0.2) is 9.97 Å². The molecule has 7 heteroatoms. The molecule has 3 heterocycles. The van der Waals surface area contributed by atoms with Gasteiger partial charge in [0, 0.05) is 41.0 Å². The van der Waals surface area contributed by atoms with Crippen LogP contribution in [0.15, 0.2) is 65.8 Å². The first kappa shape index (κ1) is 19.3. The van der Waals surface area contributed by atoms with Gasteiger partial charge >= 0.3 is 0 Å². The third-order valence-corrected chi connectivity index (χ3v) is 6.62. The van der Waals surface area contributed by atoms with Gasteiger partial charge in [0.05, 0.1) is 21.9 Å². The molecule has 2 aromatic carbocycles. The number of aromatic nitrogens is 3. The lowest BCUT2D eigenvalue weighted by molar-refractivity contribution is 0.239. The van der Waals surface area contributed by atoms with Crippen molar-refractivity contribution in [3.8, 4) is 22.5 Å². The van der Waals surface area contributed by atoms with E-state index in [1.54, 1.807) is 18.0 Å². The molecule has 0 amide bonds. The number of likely N-dealkylation sites (tertiary alicyclic amines) is 1. The molecule has 0 atom stereocenters. The monoisotopic (exact) mass is 433 g/mol. The summed E-state index contributed by atoms with van der Waals surface area (Å²) in [5, 5.41) is 2.81. The van der Waals surface area contributed by atoms with Gasteiger partial charge in [0.1, 0.15) is 5.03 Å². The molecule has 0 radical (unpaired) electrons. The summed E-state index contributed by atoms with van der Waals surface area (Å²) in [6.45, 7) is 2.05. The van der Waals surface area contributed by atoms with Crippen LogP contribution in [0.25, 0.3) is 33.4 Å². The Hall–Kier alpha value is -2.67. The standard InChI is InChI=1S/C23H20ClN5S/c1-29-12-17(13-29)30-23-22(25)27-20(14-6-3-2-4-7-14)21(28-23)16-10-15-8-5-9-26-19(15)18(24)11-16/h2-11,17H,12-13H2,1H3,(H2,25,27). The largest absolute Gasteiger partial charge is 0.381 e. The van der Waals surface area contributed by atoms with Crippen molar-refractivity contribution in [1.29, 1.82) is 0 Å². The van der Waals surface area contributed by atoms with Crippen LogP contribution in [0.2, 0.25) is 5.02 Å². The van der Waals surface area contributed by atoms with E-state index in [9.17, 15) is 0 Å². The maximum Gasteiger partial charge on any atom is 0.156 e. The van der Waals surface area contributed by atoms with Gasteiger partial charge in [-0.2, -0.15) is 0 Å². The number of halogens is 1. The minimum Gasteiger partial charge on any atom is -0.381 e. The van der Waals surface area contributed by atoms with Gasteiger partial charge in [-0.05, 0) is 25.2 Å². The zero-order valence-electron chi connectivity index (χ0n) is 16.4. The second-order valence-electron chi connectivity index (χ2n) is 7.47. The molecular weight excluding hydrogens is 414 g/mol. The number of hydrogen-bond acceptors (Lipinski definition) is 6. The van der Waals surface area contributed by atoms with Gasteiger partial charge in [0.25, 0.3) is 0 Å². The highest BCUT2D eigenvalue weighted by molar-refractivity contribution is 8.00. The smallest absolute Gasteiger partial charge is 0.156 e. The summed E-state index contributed by atoms with van der Waals surface area (Å²) in [6.07, 6.45) is 1.75. The van der Waals surface area contributed by atoms with Crippen LogP contribution in [-0.4, -0.2) is 45.2 Å². The molecule has 2 N–H and O–H groups in total. The Morgan fingerprint density at radius 1 is 1.00 bits per heavy atom. The molecule has 1 aliphatic heterocycles. The first-order valence-corrected chi connectivity index (χ1v) is 11.0. The third kappa shape index (κ3) is 3.62. The maximum atomic E-state index is 6.57. The van der Waals surface area contributed by atoms with Crippen molar-refractivity contribution >= 4 is 40.1 Å². The van der Waals surface area contributed by atoms with Crippen molar-refractivity contribution in [3.63, 3.8) is 0 Å². The molecule has 2 aromatic heterocycles. The van der Waals surface area contributed by atoms with E-state index in [1.165, 1.54) is 0 Å². The lowest BCUT2D eigenvalue weighted by Gasteiger charge is -2.35. The molecule has 0 spiro atoms. The highest BCUT2D eigenvalue weighted by Crippen LogP contribution is 2.38. The average molecular weight is 434 g/mol. The van der Waals surface area contributed by atoms with Crippen LogP contribution < -0.4 is 5.73 Å². The quantitative estimate of drug-likeness (QED) is 0.488. The van der Waals surface area contributed by atoms with E-state index in [0.717, 1.165) is 51.5 Å². The average Bonchev–Trinajstić information content (AvgIpc) is 2.74. The van der Waals surface area contributed by atoms with Crippen LogP contribution in [0.1, 0.15) is 0 Å². The summed E-state index contributed by atoms with van der Waals surface area (Å²) in [5.41, 5.74) is 10.5. The van der Waals surface area contributed by atoms with Crippen molar-refractivity contribution in [3.05, 3.63) is 65.8 Å². The summed E-state index contributed by atoms with van der Waals surface area (Å²) in [6, 6.07) is 17.9. The Bertz CT molecular complexity index is 1230. The summed E-state index contributed by atoms with van der Waals surface area (Å²) >= 11 is 8.26. The van der Waals surface area contributed by atoms with Crippen LogP contribution >= 0.6 is 23.4 Å².